The molecule has 0 bridgehead atoms. The van der Waals surface area contributed by atoms with Gasteiger partial charge in [0.05, 0.1) is 12.6 Å². The van der Waals surface area contributed by atoms with Crippen LogP contribution in [-0.4, -0.2) is 24.1 Å². The molecular formula is C24H26N2O2. The predicted octanol–water partition coefficient (Wildman–Crippen LogP) is 4.33. The van der Waals surface area contributed by atoms with Gasteiger partial charge in [-0.15, -0.1) is 0 Å². The van der Waals surface area contributed by atoms with Gasteiger partial charge in [0.25, 0.3) is 0 Å². The summed E-state index contributed by atoms with van der Waals surface area (Å²) in [5, 5.41) is 3.14. The summed E-state index contributed by atoms with van der Waals surface area (Å²) >= 11 is 0. The van der Waals surface area contributed by atoms with Crippen molar-refractivity contribution in [2.24, 2.45) is 0 Å². The molecule has 4 nitrogen and oxygen atoms in total. The fourth-order valence-electron chi connectivity index (χ4n) is 3.07. The summed E-state index contributed by atoms with van der Waals surface area (Å²) in [6, 6.07) is 24.0. The highest BCUT2D eigenvalue weighted by Crippen LogP contribution is 2.21. The van der Waals surface area contributed by atoms with Crippen LogP contribution in [0.4, 0.5) is 0 Å². The minimum atomic E-state index is -0.171. The molecule has 0 aliphatic carbocycles. The van der Waals surface area contributed by atoms with Crippen LogP contribution in [0.25, 0.3) is 0 Å². The Balaban J connectivity index is 1.44. The summed E-state index contributed by atoms with van der Waals surface area (Å²) < 4.78 is 5.67. The molecule has 4 heteroatoms. The average Bonchev–Trinajstić information content (AvgIpc) is 2.76. The van der Waals surface area contributed by atoms with E-state index in [0.717, 1.165) is 17.5 Å². The number of aromatic nitrogens is 1. The van der Waals surface area contributed by atoms with E-state index in [-0.39, 0.29) is 11.9 Å². The molecular weight excluding hydrogens is 348 g/mol. The molecule has 0 saturated carbocycles. The number of benzene rings is 2. The van der Waals surface area contributed by atoms with E-state index in [2.05, 4.69) is 22.4 Å². The Kier molecular flexibility index (Phi) is 7.77. The molecule has 1 amide bonds. The molecule has 1 atom stereocenters. The van der Waals surface area contributed by atoms with Gasteiger partial charge < -0.3 is 10.1 Å². The maximum atomic E-state index is 12.5. The number of nitrogens with one attached hydrogen (secondary N) is 1. The molecule has 3 rings (SSSR count). The highest BCUT2D eigenvalue weighted by atomic mass is 16.5. The van der Waals surface area contributed by atoms with E-state index in [1.807, 2.05) is 60.7 Å². The predicted molar refractivity (Wildman–Crippen MR) is 111 cm³/mol. The summed E-state index contributed by atoms with van der Waals surface area (Å²) in [5.74, 6) is 0.0253. The fourth-order valence-corrected chi connectivity index (χ4v) is 3.07. The van der Waals surface area contributed by atoms with Gasteiger partial charge in [-0.2, -0.15) is 0 Å². The van der Waals surface area contributed by atoms with Crippen LogP contribution in [0, 0.1) is 0 Å². The van der Waals surface area contributed by atoms with Gasteiger partial charge in [0, 0.05) is 25.4 Å². The molecule has 0 aliphatic heterocycles. The molecule has 1 heterocycles. The Morgan fingerprint density at radius 3 is 2.21 bits per heavy atom. The molecule has 28 heavy (non-hydrogen) atoms. The Morgan fingerprint density at radius 2 is 1.50 bits per heavy atom. The first kappa shape index (κ1) is 19.8. The molecule has 0 saturated heterocycles. The Hall–Kier alpha value is -2.98. The van der Waals surface area contributed by atoms with Gasteiger partial charge in [-0.25, -0.2) is 0 Å². The lowest BCUT2D eigenvalue weighted by Crippen LogP contribution is -2.29. The van der Waals surface area contributed by atoms with Gasteiger partial charge in [0.15, 0.2) is 0 Å². The van der Waals surface area contributed by atoms with Gasteiger partial charge >= 0.3 is 0 Å². The van der Waals surface area contributed by atoms with Crippen molar-refractivity contribution < 1.29 is 9.53 Å². The van der Waals surface area contributed by atoms with Crippen LogP contribution in [0.5, 0.6) is 0 Å². The molecule has 1 aromatic heterocycles. The third-order valence-electron chi connectivity index (χ3n) is 4.55. The molecule has 1 unspecified atom stereocenters. The van der Waals surface area contributed by atoms with E-state index >= 15 is 0 Å². The van der Waals surface area contributed by atoms with Gasteiger partial charge in [-0.1, -0.05) is 60.7 Å². The molecule has 0 spiro atoms. The number of hydrogen-bond acceptors (Lipinski definition) is 3. The summed E-state index contributed by atoms with van der Waals surface area (Å²) in [7, 11) is 0. The number of ether oxygens (including phenoxy) is 1. The number of carbonyl (C=O) groups is 1. The van der Waals surface area contributed by atoms with Crippen molar-refractivity contribution in [2.45, 2.75) is 25.3 Å². The SMILES string of the molecule is O=C(CCCOCCc1ccccc1)NC(c1ccccc1)c1ccncc1. The summed E-state index contributed by atoms with van der Waals surface area (Å²) in [6.07, 6.45) is 5.54. The number of nitrogens with zero attached hydrogens (tertiary/aromatic N) is 1. The first-order chi connectivity index (χ1) is 13.8. The van der Waals surface area contributed by atoms with Gasteiger partial charge in [-0.3, -0.25) is 9.78 Å². The highest BCUT2D eigenvalue weighted by Gasteiger charge is 2.16. The fraction of sp³-hybridized carbons (Fsp3) is 0.250. The van der Waals surface area contributed by atoms with Crippen molar-refractivity contribution in [1.29, 1.82) is 0 Å². The van der Waals surface area contributed by atoms with Crippen LogP contribution in [0.3, 0.4) is 0 Å². The van der Waals surface area contributed by atoms with E-state index < -0.39 is 0 Å². The van der Waals surface area contributed by atoms with Gasteiger partial charge in [-0.05, 0) is 41.7 Å². The molecule has 0 radical (unpaired) electrons. The maximum Gasteiger partial charge on any atom is 0.220 e. The normalized spacial score (nSPS) is 11.7. The maximum absolute atomic E-state index is 12.5. The van der Waals surface area contributed by atoms with E-state index in [4.69, 9.17) is 4.74 Å². The monoisotopic (exact) mass is 374 g/mol. The Bertz CT molecular complexity index is 783. The standard InChI is InChI=1S/C24H26N2O2/c27-23(12-7-18-28-19-15-20-8-3-1-4-9-20)26-24(21-10-5-2-6-11-21)22-13-16-25-17-14-22/h1-6,8-11,13-14,16-17,24H,7,12,15,18-19H2,(H,26,27). The van der Waals surface area contributed by atoms with Crippen molar-refractivity contribution in [3.8, 4) is 0 Å². The highest BCUT2D eigenvalue weighted by molar-refractivity contribution is 5.77. The van der Waals surface area contributed by atoms with E-state index in [9.17, 15) is 4.79 Å². The number of amides is 1. The van der Waals surface area contributed by atoms with Crippen molar-refractivity contribution in [3.05, 3.63) is 102 Å². The zero-order valence-electron chi connectivity index (χ0n) is 16.0. The Morgan fingerprint density at radius 1 is 0.857 bits per heavy atom. The third kappa shape index (κ3) is 6.32. The van der Waals surface area contributed by atoms with Crippen molar-refractivity contribution >= 4 is 5.91 Å². The number of rotatable bonds is 10. The zero-order valence-corrected chi connectivity index (χ0v) is 16.0. The first-order valence-corrected chi connectivity index (χ1v) is 9.69. The van der Waals surface area contributed by atoms with Crippen molar-refractivity contribution in [1.82, 2.24) is 10.3 Å². The lowest BCUT2D eigenvalue weighted by atomic mass is 9.99. The van der Waals surface area contributed by atoms with Gasteiger partial charge in [0.2, 0.25) is 5.91 Å². The van der Waals surface area contributed by atoms with E-state index in [0.29, 0.717) is 26.1 Å². The summed E-state index contributed by atoms with van der Waals surface area (Å²) in [6.45, 7) is 1.26. The van der Waals surface area contributed by atoms with E-state index in [1.165, 1.54) is 5.56 Å². The molecule has 2 aromatic carbocycles. The Labute approximate surface area is 166 Å². The van der Waals surface area contributed by atoms with Gasteiger partial charge in [0.1, 0.15) is 0 Å². The van der Waals surface area contributed by atoms with Crippen LogP contribution in [0.15, 0.2) is 85.2 Å². The summed E-state index contributed by atoms with van der Waals surface area (Å²) in [5.41, 5.74) is 3.35. The molecule has 0 aliphatic rings. The van der Waals surface area contributed by atoms with Crippen LogP contribution < -0.4 is 5.32 Å². The number of carbonyl (C=O) groups excluding carboxylic acids is 1. The lowest BCUT2D eigenvalue weighted by molar-refractivity contribution is -0.121. The third-order valence-corrected chi connectivity index (χ3v) is 4.55. The van der Waals surface area contributed by atoms with Crippen LogP contribution in [0.2, 0.25) is 0 Å². The van der Waals surface area contributed by atoms with E-state index in [1.54, 1.807) is 12.4 Å². The molecule has 0 fully saturated rings. The second-order valence-corrected chi connectivity index (χ2v) is 6.64. The zero-order chi connectivity index (χ0) is 19.4. The topological polar surface area (TPSA) is 51.2 Å². The lowest BCUT2D eigenvalue weighted by Gasteiger charge is -2.19. The molecule has 3 aromatic rings. The summed E-state index contributed by atoms with van der Waals surface area (Å²) in [4.78, 5) is 16.5. The molecule has 1 N–H and O–H groups in total. The number of hydrogen-bond donors (Lipinski definition) is 1. The van der Waals surface area contributed by atoms with Crippen LogP contribution >= 0.6 is 0 Å². The van der Waals surface area contributed by atoms with Crippen LogP contribution in [-0.2, 0) is 16.0 Å². The number of pyridine rings is 1. The average molecular weight is 374 g/mol. The van der Waals surface area contributed by atoms with Crippen molar-refractivity contribution in [2.75, 3.05) is 13.2 Å². The largest absolute Gasteiger partial charge is 0.381 e. The second-order valence-electron chi connectivity index (χ2n) is 6.64. The minimum absolute atomic E-state index is 0.0253. The van der Waals surface area contributed by atoms with Crippen molar-refractivity contribution in [3.63, 3.8) is 0 Å². The second kappa shape index (κ2) is 11.0. The molecule has 144 valence electrons. The minimum Gasteiger partial charge on any atom is -0.381 e. The smallest absolute Gasteiger partial charge is 0.220 e. The quantitative estimate of drug-likeness (QED) is 0.538. The first-order valence-electron chi connectivity index (χ1n) is 9.69. The van der Waals surface area contributed by atoms with Crippen LogP contribution in [0.1, 0.15) is 35.6 Å².